The zero-order valence-electron chi connectivity index (χ0n) is 12.2. The van der Waals surface area contributed by atoms with E-state index in [-0.39, 0.29) is 11.4 Å². The largest absolute Gasteiger partial charge is 0.508 e. The second kappa shape index (κ2) is 6.09. The van der Waals surface area contributed by atoms with Crippen molar-refractivity contribution in [2.45, 2.75) is 46.2 Å². The van der Waals surface area contributed by atoms with Gasteiger partial charge < -0.3 is 14.8 Å². The number of aromatic hydroxyl groups is 1. The quantitative estimate of drug-likeness (QED) is 0.823. The number of aryl methyl sites for hydroxylation is 1. The zero-order valence-corrected chi connectivity index (χ0v) is 12.2. The molecule has 0 saturated heterocycles. The molecule has 1 atom stereocenters. The van der Waals surface area contributed by atoms with Gasteiger partial charge in [0.15, 0.2) is 0 Å². The van der Waals surface area contributed by atoms with E-state index in [9.17, 15) is 9.90 Å². The predicted molar refractivity (Wildman–Crippen MR) is 80.1 cm³/mol. The molecule has 0 aliphatic rings. The molecule has 0 bridgehead atoms. The van der Waals surface area contributed by atoms with Gasteiger partial charge in [-0.3, -0.25) is 0 Å². The zero-order chi connectivity index (χ0) is 14.7. The molecule has 0 aliphatic carbocycles. The van der Waals surface area contributed by atoms with Crippen molar-refractivity contribution in [1.82, 2.24) is 5.32 Å². The van der Waals surface area contributed by atoms with Gasteiger partial charge in [0.1, 0.15) is 11.3 Å². The van der Waals surface area contributed by atoms with E-state index in [4.69, 9.17) is 4.42 Å². The van der Waals surface area contributed by atoms with E-state index < -0.39 is 0 Å². The van der Waals surface area contributed by atoms with Crippen LogP contribution in [0.3, 0.4) is 0 Å². The van der Waals surface area contributed by atoms with Gasteiger partial charge in [-0.1, -0.05) is 13.3 Å². The van der Waals surface area contributed by atoms with Crippen molar-refractivity contribution < 1.29 is 9.52 Å². The Morgan fingerprint density at radius 3 is 2.85 bits per heavy atom. The van der Waals surface area contributed by atoms with E-state index in [1.54, 1.807) is 19.1 Å². The van der Waals surface area contributed by atoms with Crippen LogP contribution in [0.1, 0.15) is 37.8 Å². The average Bonchev–Trinajstić information content (AvgIpc) is 2.41. The van der Waals surface area contributed by atoms with Gasteiger partial charge in [0.05, 0.1) is 0 Å². The van der Waals surface area contributed by atoms with E-state index in [0.29, 0.717) is 23.7 Å². The van der Waals surface area contributed by atoms with Crippen LogP contribution in [0.4, 0.5) is 0 Å². The Morgan fingerprint density at radius 2 is 2.15 bits per heavy atom. The number of phenols is 1. The molecule has 0 radical (unpaired) electrons. The fraction of sp³-hybridized carbons (Fsp3) is 0.438. The lowest BCUT2D eigenvalue weighted by Gasteiger charge is -2.14. The summed E-state index contributed by atoms with van der Waals surface area (Å²) >= 11 is 0. The van der Waals surface area contributed by atoms with Gasteiger partial charge >= 0.3 is 5.63 Å². The lowest BCUT2D eigenvalue weighted by atomic mass is 10.1. The van der Waals surface area contributed by atoms with Crippen molar-refractivity contribution in [2.75, 3.05) is 0 Å². The van der Waals surface area contributed by atoms with Crippen LogP contribution in [0.2, 0.25) is 0 Å². The van der Waals surface area contributed by atoms with Crippen LogP contribution in [0.5, 0.6) is 5.75 Å². The number of benzene rings is 1. The maximum atomic E-state index is 11.7. The van der Waals surface area contributed by atoms with Crippen LogP contribution < -0.4 is 10.9 Å². The Kier molecular flexibility index (Phi) is 4.45. The van der Waals surface area contributed by atoms with Crippen LogP contribution in [-0.2, 0) is 6.54 Å². The first kappa shape index (κ1) is 14.6. The van der Waals surface area contributed by atoms with E-state index in [0.717, 1.165) is 23.8 Å². The standard InChI is InChI=1S/C16H21NO3/c1-4-5-10(2)17-9-12-8-15(19)20-16-11(3)14(18)7-6-13(12)16/h6-8,10,17-18H,4-5,9H2,1-3H3/t10-/m1/s1. The maximum Gasteiger partial charge on any atom is 0.336 e. The third kappa shape index (κ3) is 3.02. The molecule has 0 fully saturated rings. The first-order chi connectivity index (χ1) is 9.52. The topological polar surface area (TPSA) is 62.5 Å². The molecule has 2 rings (SSSR count). The van der Waals surface area contributed by atoms with Crippen molar-refractivity contribution in [3.05, 3.63) is 39.7 Å². The predicted octanol–water partition coefficient (Wildman–Crippen LogP) is 3.09. The summed E-state index contributed by atoms with van der Waals surface area (Å²) in [6, 6.07) is 5.35. The molecule has 4 nitrogen and oxygen atoms in total. The molecule has 1 aromatic heterocycles. The smallest absolute Gasteiger partial charge is 0.336 e. The van der Waals surface area contributed by atoms with Crippen LogP contribution >= 0.6 is 0 Å². The average molecular weight is 275 g/mol. The Morgan fingerprint density at radius 1 is 1.40 bits per heavy atom. The van der Waals surface area contributed by atoms with Gasteiger partial charge in [0, 0.05) is 29.6 Å². The minimum atomic E-state index is -0.383. The highest BCUT2D eigenvalue weighted by atomic mass is 16.4. The molecule has 4 heteroatoms. The molecule has 1 aromatic carbocycles. The summed E-state index contributed by atoms with van der Waals surface area (Å²) in [5.41, 5.74) is 1.59. The van der Waals surface area contributed by atoms with Crippen LogP contribution in [0.15, 0.2) is 27.4 Å². The molecule has 2 N–H and O–H groups in total. The molecule has 20 heavy (non-hydrogen) atoms. The second-order valence-corrected chi connectivity index (χ2v) is 5.25. The highest BCUT2D eigenvalue weighted by Gasteiger charge is 2.11. The molecule has 0 unspecified atom stereocenters. The highest BCUT2D eigenvalue weighted by Crippen LogP contribution is 2.27. The van der Waals surface area contributed by atoms with E-state index in [2.05, 4.69) is 19.2 Å². The number of hydrogen-bond donors (Lipinski definition) is 2. The van der Waals surface area contributed by atoms with Crippen molar-refractivity contribution in [1.29, 1.82) is 0 Å². The number of phenolic OH excluding ortho intramolecular Hbond substituents is 1. The summed E-state index contributed by atoms with van der Waals surface area (Å²) in [7, 11) is 0. The summed E-state index contributed by atoms with van der Waals surface area (Å²) in [4.78, 5) is 11.7. The first-order valence-electron chi connectivity index (χ1n) is 7.01. The normalized spacial score (nSPS) is 12.8. The SMILES string of the molecule is CCC[C@@H](C)NCc1cc(=O)oc2c(C)c(O)ccc12. The van der Waals surface area contributed by atoms with Crippen molar-refractivity contribution in [3.63, 3.8) is 0 Å². The van der Waals surface area contributed by atoms with E-state index in [1.807, 2.05) is 0 Å². The highest BCUT2D eigenvalue weighted by molar-refractivity contribution is 5.84. The second-order valence-electron chi connectivity index (χ2n) is 5.25. The van der Waals surface area contributed by atoms with Crippen molar-refractivity contribution >= 4 is 11.0 Å². The van der Waals surface area contributed by atoms with Gasteiger partial charge in [-0.15, -0.1) is 0 Å². The van der Waals surface area contributed by atoms with Gasteiger partial charge in [-0.2, -0.15) is 0 Å². The Balaban J connectivity index is 2.38. The maximum absolute atomic E-state index is 11.7. The van der Waals surface area contributed by atoms with E-state index >= 15 is 0 Å². The molecular weight excluding hydrogens is 254 g/mol. The summed E-state index contributed by atoms with van der Waals surface area (Å²) in [5, 5.41) is 14.0. The van der Waals surface area contributed by atoms with Crippen molar-refractivity contribution in [2.24, 2.45) is 0 Å². The molecule has 0 saturated carbocycles. The third-order valence-corrected chi connectivity index (χ3v) is 3.58. The molecule has 0 aliphatic heterocycles. The van der Waals surface area contributed by atoms with Gasteiger partial charge in [-0.05, 0) is 38.0 Å². The number of nitrogens with one attached hydrogen (secondary N) is 1. The van der Waals surface area contributed by atoms with Gasteiger partial charge in [0.2, 0.25) is 0 Å². The van der Waals surface area contributed by atoms with Gasteiger partial charge in [0.25, 0.3) is 0 Å². The molecule has 0 amide bonds. The van der Waals surface area contributed by atoms with Gasteiger partial charge in [-0.25, -0.2) is 4.79 Å². The molecule has 108 valence electrons. The molecular formula is C16H21NO3. The summed E-state index contributed by atoms with van der Waals surface area (Å²) in [5.74, 6) is 0.144. The molecule has 1 heterocycles. The van der Waals surface area contributed by atoms with Crippen LogP contribution in [-0.4, -0.2) is 11.1 Å². The number of fused-ring (bicyclic) bond motifs is 1. The fourth-order valence-electron chi connectivity index (χ4n) is 2.38. The van der Waals surface area contributed by atoms with E-state index in [1.165, 1.54) is 6.07 Å². The molecule has 2 aromatic rings. The monoisotopic (exact) mass is 275 g/mol. The number of rotatable bonds is 5. The minimum Gasteiger partial charge on any atom is -0.508 e. The van der Waals surface area contributed by atoms with Crippen LogP contribution in [0.25, 0.3) is 11.0 Å². The Bertz CT molecular complexity index is 661. The third-order valence-electron chi connectivity index (χ3n) is 3.58. The summed E-state index contributed by atoms with van der Waals surface area (Å²) < 4.78 is 5.22. The Labute approximate surface area is 118 Å². The molecule has 0 spiro atoms. The lowest BCUT2D eigenvalue weighted by molar-refractivity contribution is 0.467. The Hall–Kier alpha value is -1.81. The first-order valence-corrected chi connectivity index (χ1v) is 7.01. The lowest BCUT2D eigenvalue weighted by Crippen LogP contribution is -2.25. The minimum absolute atomic E-state index is 0.144. The van der Waals surface area contributed by atoms with Crippen LogP contribution in [0, 0.1) is 6.92 Å². The summed E-state index contributed by atoms with van der Waals surface area (Å²) in [6.45, 7) is 6.65. The summed E-state index contributed by atoms with van der Waals surface area (Å²) in [6.07, 6.45) is 2.22. The number of hydrogen-bond acceptors (Lipinski definition) is 4. The van der Waals surface area contributed by atoms with Crippen molar-refractivity contribution in [3.8, 4) is 5.75 Å². The fourth-order valence-corrected chi connectivity index (χ4v) is 2.38.